The van der Waals surface area contributed by atoms with E-state index in [2.05, 4.69) is 32.0 Å². The Kier molecular flexibility index (Phi) is 6.76. The van der Waals surface area contributed by atoms with Crippen molar-refractivity contribution in [2.75, 3.05) is 7.11 Å². The van der Waals surface area contributed by atoms with Gasteiger partial charge in [0, 0.05) is 0 Å². The lowest BCUT2D eigenvalue weighted by Crippen LogP contribution is -2.01. The molecule has 0 radical (unpaired) electrons. The van der Waals surface area contributed by atoms with Gasteiger partial charge < -0.3 is 4.74 Å². The summed E-state index contributed by atoms with van der Waals surface area (Å²) < 4.78 is 5.25. The maximum Gasteiger partial charge on any atom is 0.119 e. The van der Waals surface area contributed by atoms with Gasteiger partial charge in [0.05, 0.1) is 7.11 Å². The molecule has 96 valence electrons. The van der Waals surface area contributed by atoms with Gasteiger partial charge in [0.2, 0.25) is 0 Å². The predicted octanol–water partition coefficient (Wildman–Crippen LogP) is 4.84. The summed E-state index contributed by atoms with van der Waals surface area (Å²) in [6.45, 7) is 4.58. The average Bonchev–Trinajstić information content (AvgIpc) is 2.39. The van der Waals surface area contributed by atoms with Crippen molar-refractivity contribution >= 4 is 0 Å². The fourth-order valence-corrected chi connectivity index (χ4v) is 2.24. The summed E-state index contributed by atoms with van der Waals surface area (Å²) in [5, 5.41) is 0. The quantitative estimate of drug-likeness (QED) is 0.625. The molecule has 0 spiro atoms. The van der Waals surface area contributed by atoms with E-state index < -0.39 is 0 Å². The van der Waals surface area contributed by atoms with Crippen molar-refractivity contribution in [3.8, 4) is 5.75 Å². The number of benzene rings is 1. The van der Waals surface area contributed by atoms with Crippen molar-refractivity contribution < 1.29 is 4.74 Å². The summed E-state index contributed by atoms with van der Waals surface area (Å²) >= 11 is 0. The highest BCUT2D eigenvalue weighted by Crippen LogP contribution is 2.21. The Balaban J connectivity index is 2.41. The summed E-state index contributed by atoms with van der Waals surface area (Å²) in [6.07, 6.45) is 7.87. The molecule has 0 amide bonds. The normalized spacial score (nSPS) is 12.4. The number of rotatable bonds is 8. The number of methoxy groups -OCH3 is 1. The lowest BCUT2D eigenvalue weighted by Gasteiger charge is -2.14. The van der Waals surface area contributed by atoms with Crippen molar-refractivity contribution in [2.45, 2.75) is 52.4 Å². The Bertz CT molecular complexity index is 306. The molecule has 1 unspecified atom stereocenters. The van der Waals surface area contributed by atoms with Gasteiger partial charge in [0.25, 0.3) is 0 Å². The Hall–Kier alpha value is -0.980. The number of unbranched alkanes of at least 4 members (excludes halogenated alkanes) is 1. The van der Waals surface area contributed by atoms with Crippen LogP contribution in [0.2, 0.25) is 0 Å². The van der Waals surface area contributed by atoms with Crippen LogP contribution < -0.4 is 4.74 Å². The number of ether oxygens (including phenoxy) is 1. The summed E-state index contributed by atoms with van der Waals surface area (Å²) in [6, 6.07) is 8.46. The van der Waals surface area contributed by atoms with E-state index in [1.807, 2.05) is 6.07 Å². The molecule has 0 aliphatic rings. The first-order valence-electron chi connectivity index (χ1n) is 6.93. The molecule has 0 bridgehead atoms. The molecule has 1 heteroatoms. The molecule has 0 saturated heterocycles. The smallest absolute Gasteiger partial charge is 0.119 e. The van der Waals surface area contributed by atoms with Crippen LogP contribution in [-0.4, -0.2) is 7.11 Å². The van der Waals surface area contributed by atoms with E-state index in [1.54, 1.807) is 7.11 Å². The minimum atomic E-state index is 0.890. The molecule has 1 rings (SSSR count). The molecule has 17 heavy (non-hydrogen) atoms. The van der Waals surface area contributed by atoms with Crippen LogP contribution in [0.15, 0.2) is 24.3 Å². The van der Waals surface area contributed by atoms with E-state index in [1.165, 1.54) is 44.1 Å². The fraction of sp³-hybridized carbons (Fsp3) is 0.625. The SMILES string of the molecule is CCCCC(CC)CCc1cccc(OC)c1. The Labute approximate surface area is 106 Å². The van der Waals surface area contributed by atoms with E-state index in [0.717, 1.165) is 11.7 Å². The Morgan fingerprint density at radius 2 is 2.00 bits per heavy atom. The van der Waals surface area contributed by atoms with Gasteiger partial charge in [-0.2, -0.15) is 0 Å². The van der Waals surface area contributed by atoms with Crippen LogP contribution >= 0.6 is 0 Å². The number of hydrogen-bond donors (Lipinski definition) is 0. The largest absolute Gasteiger partial charge is 0.497 e. The van der Waals surface area contributed by atoms with Gasteiger partial charge >= 0.3 is 0 Å². The molecule has 1 aromatic carbocycles. The van der Waals surface area contributed by atoms with Crippen LogP contribution in [0.25, 0.3) is 0 Å². The van der Waals surface area contributed by atoms with Crippen molar-refractivity contribution in [3.05, 3.63) is 29.8 Å². The average molecular weight is 234 g/mol. The van der Waals surface area contributed by atoms with Gasteiger partial charge in [-0.25, -0.2) is 0 Å². The first kappa shape index (κ1) is 14.1. The summed E-state index contributed by atoms with van der Waals surface area (Å²) in [5.41, 5.74) is 1.40. The topological polar surface area (TPSA) is 9.23 Å². The van der Waals surface area contributed by atoms with Crippen molar-refractivity contribution in [1.82, 2.24) is 0 Å². The van der Waals surface area contributed by atoms with Crippen molar-refractivity contribution in [3.63, 3.8) is 0 Å². The number of aryl methyl sites for hydroxylation is 1. The second-order valence-corrected chi connectivity index (χ2v) is 4.81. The van der Waals surface area contributed by atoms with Gasteiger partial charge in [0.1, 0.15) is 5.75 Å². The summed E-state index contributed by atoms with van der Waals surface area (Å²) in [7, 11) is 1.73. The van der Waals surface area contributed by atoms with E-state index >= 15 is 0 Å². The highest BCUT2D eigenvalue weighted by molar-refractivity contribution is 5.28. The molecule has 0 saturated carbocycles. The van der Waals surface area contributed by atoms with Crippen LogP contribution in [0.4, 0.5) is 0 Å². The predicted molar refractivity (Wildman–Crippen MR) is 74.6 cm³/mol. The van der Waals surface area contributed by atoms with Crippen LogP contribution in [-0.2, 0) is 6.42 Å². The molecule has 0 aliphatic carbocycles. The molecule has 0 aliphatic heterocycles. The molecular weight excluding hydrogens is 208 g/mol. The van der Waals surface area contributed by atoms with Gasteiger partial charge in [-0.3, -0.25) is 0 Å². The standard InChI is InChI=1S/C16H26O/c1-4-6-8-14(5-2)11-12-15-9-7-10-16(13-15)17-3/h7,9-10,13-14H,4-6,8,11-12H2,1-3H3. The molecule has 1 atom stereocenters. The van der Waals surface area contributed by atoms with Gasteiger partial charge in [0.15, 0.2) is 0 Å². The third kappa shape index (κ3) is 5.25. The third-order valence-corrected chi connectivity index (χ3v) is 3.52. The van der Waals surface area contributed by atoms with E-state index in [4.69, 9.17) is 4.74 Å². The van der Waals surface area contributed by atoms with Crippen LogP contribution in [0.5, 0.6) is 5.75 Å². The molecule has 1 nitrogen and oxygen atoms in total. The Morgan fingerprint density at radius 1 is 1.18 bits per heavy atom. The zero-order valence-electron chi connectivity index (χ0n) is 11.5. The highest BCUT2D eigenvalue weighted by Gasteiger charge is 2.06. The summed E-state index contributed by atoms with van der Waals surface area (Å²) in [4.78, 5) is 0. The first-order chi connectivity index (χ1) is 8.30. The zero-order valence-corrected chi connectivity index (χ0v) is 11.5. The highest BCUT2D eigenvalue weighted by atomic mass is 16.5. The van der Waals surface area contributed by atoms with Crippen LogP contribution in [0, 0.1) is 5.92 Å². The van der Waals surface area contributed by atoms with E-state index in [0.29, 0.717) is 0 Å². The zero-order chi connectivity index (χ0) is 12.5. The van der Waals surface area contributed by atoms with Crippen LogP contribution in [0.1, 0.15) is 51.5 Å². The minimum Gasteiger partial charge on any atom is -0.497 e. The fourth-order valence-electron chi connectivity index (χ4n) is 2.24. The van der Waals surface area contributed by atoms with Crippen LogP contribution in [0.3, 0.4) is 0 Å². The second-order valence-electron chi connectivity index (χ2n) is 4.81. The monoisotopic (exact) mass is 234 g/mol. The molecule has 1 aromatic rings. The van der Waals surface area contributed by atoms with Gasteiger partial charge in [-0.15, -0.1) is 0 Å². The van der Waals surface area contributed by atoms with Gasteiger partial charge in [-0.1, -0.05) is 51.7 Å². The number of hydrogen-bond acceptors (Lipinski definition) is 1. The molecule has 0 heterocycles. The van der Waals surface area contributed by atoms with Crippen molar-refractivity contribution in [2.24, 2.45) is 5.92 Å². The molecule has 0 fully saturated rings. The van der Waals surface area contributed by atoms with E-state index in [-0.39, 0.29) is 0 Å². The lowest BCUT2D eigenvalue weighted by molar-refractivity contribution is 0.410. The second kappa shape index (κ2) is 8.16. The Morgan fingerprint density at radius 3 is 2.65 bits per heavy atom. The maximum absolute atomic E-state index is 5.25. The first-order valence-corrected chi connectivity index (χ1v) is 6.93. The lowest BCUT2D eigenvalue weighted by atomic mass is 9.92. The van der Waals surface area contributed by atoms with Gasteiger partial charge in [-0.05, 0) is 36.5 Å². The third-order valence-electron chi connectivity index (χ3n) is 3.52. The molecule has 0 aromatic heterocycles. The molecule has 0 N–H and O–H groups in total. The molecular formula is C16H26O. The van der Waals surface area contributed by atoms with Crippen molar-refractivity contribution in [1.29, 1.82) is 0 Å². The van der Waals surface area contributed by atoms with E-state index in [9.17, 15) is 0 Å². The summed E-state index contributed by atoms with van der Waals surface area (Å²) in [5.74, 6) is 1.87. The maximum atomic E-state index is 5.25. The minimum absolute atomic E-state index is 0.890.